The van der Waals surface area contributed by atoms with E-state index in [2.05, 4.69) is 12.2 Å². The molecule has 0 aromatic rings. The van der Waals surface area contributed by atoms with Crippen molar-refractivity contribution in [2.75, 3.05) is 6.61 Å². The lowest BCUT2D eigenvalue weighted by Gasteiger charge is -2.26. The van der Waals surface area contributed by atoms with Crippen molar-refractivity contribution >= 4 is 5.97 Å². The fraction of sp³-hybridized carbons (Fsp3) is 0.909. The summed E-state index contributed by atoms with van der Waals surface area (Å²) in [5.74, 6) is -0.167. The van der Waals surface area contributed by atoms with Gasteiger partial charge in [0.15, 0.2) is 0 Å². The van der Waals surface area contributed by atoms with E-state index in [0.29, 0.717) is 6.61 Å². The van der Waals surface area contributed by atoms with E-state index < -0.39 is 5.54 Å². The van der Waals surface area contributed by atoms with Gasteiger partial charge in [0.1, 0.15) is 5.54 Å². The Labute approximate surface area is 87.2 Å². The number of esters is 1. The van der Waals surface area contributed by atoms with Crippen molar-refractivity contribution in [3.05, 3.63) is 0 Å². The molecule has 0 bridgehead atoms. The molecule has 0 aromatic carbocycles. The maximum Gasteiger partial charge on any atom is 0.325 e. The zero-order valence-electron chi connectivity index (χ0n) is 10.0. The van der Waals surface area contributed by atoms with E-state index in [4.69, 9.17) is 4.74 Å². The zero-order valence-corrected chi connectivity index (χ0v) is 10.0. The van der Waals surface area contributed by atoms with Crippen LogP contribution in [-0.2, 0) is 9.53 Å². The molecule has 0 spiro atoms. The largest absolute Gasteiger partial charge is 0.464 e. The van der Waals surface area contributed by atoms with Crippen LogP contribution < -0.4 is 5.32 Å². The molecule has 0 unspecified atom stereocenters. The molecule has 0 aliphatic heterocycles. The lowest BCUT2D eigenvalue weighted by Crippen LogP contribution is -2.50. The van der Waals surface area contributed by atoms with Gasteiger partial charge in [0, 0.05) is 6.04 Å². The zero-order chi connectivity index (χ0) is 11.2. The minimum Gasteiger partial charge on any atom is -0.464 e. The Morgan fingerprint density at radius 1 is 1.43 bits per heavy atom. The molecule has 3 heteroatoms. The minimum atomic E-state index is -0.581. The van der Waals surface area contributed by atoms with Gasteiger partial charge in [-0.25, -0.2) is 0 Å². The Hall–Kier alpha value is -0.570. The number of hydrogen-bond acceptors (Lipinski definition) is 3. The number of nitrogens with one attached hydrogen (secondary N) is 1. The van der Waals surface area contributed by atoms with Gasteiger partial charge in [0.2, 0.25) is 0 Å². The number of unbranched alkanes of at least 4 members (excludes halogenated alkanes) is 1. The third kappa shape index (κ3) is 5.22. The second kappa shape index (κ2) is 6.02. The Bertz CT molecular complexity index is 176. The Kier molecular flexibility index (Phi) is 5.77. The smallest absolute Gasteiger partial charge is 0.325 e. The molecule has 0 amide bonds. The fourth-order valence-electron chi connectivity index (χ4n) is 1.27. The standard InChI is InChI=1S/C11H23NO2/c1-6-7-8-14-10(13)11(4,5)12-9(2)3/h9,12H,6-8H2,1-5H3. The van der Waals surface area contributed by atoms with E-state index >= 15 is 0 Å². The van der Waals surface area contributed by atoms with Crippen LogP contribution in [-0.4, -0.2) is 24.2 Å². The van der Waals surface area contributed by atoms with Crippen molar-refractivity contribution in [1.29, 1.82) is 0 Å². The summed E-state index contributed by atoms with van der Waals surface area (Å²) < 4.78 is 5.15. The van der Waals surface area contributed by atoms with Gasteiger partial charge in [-0.05, 0) is 34.1 Å². The van der Waals surface area contributed by atoms with Gasteiger partial charge >= 0.3 is 5.97 Å². The molecule has 0 heterocycles. The van der Waals surface area contributed by atoms with E-state index in [1.165, 1.54) is 0 Å². The predicted molar refractivity (Wildman–Crippen MR) is 58.2 cm³/mol. The molecule has 0 atom stereocenters. The van der Waals surface area contributed by atoms with Gasteiger partial charge in [0.25, 0.3) is 0 Å². The normalized spacial score (nSPS) is 11.9. The van der Waals surface area contributed by atoms with Crippen LogP contribution in [0.25, 0.3) is 0 Å². The van der Waals surface area contributed by atoms with Crippen LogP contribution >= 0.6 is 0 Å². The van der Waals surface area contributed by atoms with Crippen molar-refractivity contribution in [3.63, 3.8) is 0 Å². The highest BCUT2D eigenvalue weighted by Gasteiger charge is 2.29. The summed E-state index contributed by atoms with van der Waals surface area (Å²) in [6.45, 7) is 10.3. The summed E-state index contributed by atoms with van der Waals surface area (Å²) >= 11 is 0. The van der Waals surface area contributed by atoms with E-state index in [1.54, 1.807) is 0 Å². The van der Waals surface area contributed by atoms with Crippen LogP contribution in [0, 0.1) is 0 Å². The van der Waals surface area contributed by atoms with E-state index in [0.717, 1.165) is 12.8 Å². The van der Waals surface area contributed by atoms with Gasteiger partial charge in [-0.1, -0.05) is 13.3 Å². The van der Waals surface area contributed by atoms with Crippen LogP contribution in [0.3, 0.4) is 0 Å². The average Bonchev–Trinajstić information content (AvgIpc) is 2.02. The van der Waals surface area contributed by atoms with Gasteiger partial charge in [-0.2, -0.15) is 0 Å². The van der Waals surface area contributed by atoms with Gasteiger partial charge in [-0.15, -0.1) is 0 Å². The summed E-state index contributed by atoms with van der Waals surface area (Å²) in [5.41, 5.74) is -0.581. The quantitative estimate of drug-likeness (QED) is 0.528. The first-order valence-electron chi connectivity index (χ1n) is 5.35. The molecule has 0 radical (unpaired) electrons. The highest BCUT2D eigenvalue weighted by Crippen LogP contribution is 2.07. The molecule has 0 fully saturated rings. The number of hydrogen-bond donors (Lipinski definition) is 1. The van der Waals surface area contributed by atoms with Crippen molar-refractivity contribution < 1.29 is 9.53 Å². The van der Waals surface area contributed by atoms with Crippen LogP contribution in [0.15, 0.2) is 0 Å². The molecule has 1 N–H and O–H groups in total. The first-order valence-corrected chi connectivity index (χ1v) is 5.35. The maximum atomic E-state index is 11.6. The van der Waals surface area contributed by atoms with Crippen molar-refractivity contribution in [1.82, 2.24) is 5.32 Å². The van der Waals surface area contributed by atoms with Crippen molar-refractivity contribution in [2.24, 2.45) is 0 Å². The predicted octanol–water partition coefficient (Wildman–Crippen LogP) is 2.11. The molecular formula is C11H23NO2. The van der Waals surface area contributed by atoms with Crippen LogP contribution in [0.5, 0.6) is 0 Å². The fourth-order valence-corrected chi connectivity index (χ4v) is 1.27. The molecule has 0 saturated carbocycles. The van der Waals surface area contributed by atoms with E-state index in [1.807, 2.05) is 27.7 Å². The van der Waals surface area contributed by atoms with Crippen LogP contribution in [0.2, 0.25) is 0 Å². The van der Waals surface area contributed by atoms with Crippen LogP contribution in [0.4, 0.5) is 0 Å². The van der Waals surface area contributed by atoms with Crippen molar-refractivity contribution in [3.8, 4) is 0 Å². The topological polar surface area (TPSA) is 38.3 Å². The highest BCUT2D eigenvalue weighted by molar-refractivity contribution is 5.79. The molecule has 0 rings (SSSR count). The molecule has 14 heavy (non-hydrogen) atoms. The Morgan fingerprint density at radius 3 is 2.43 bits per heavy atom. The maximum absolute atomic E-state index is 11.6. The Morgan fingerprint density at radius 2 is 2.00 bits per heavy atom. The third-order valence-corrected chi connectivity index (χ3v) is 1.89. The van der Waals surface area contributed by atoms with Gasteiger partial charge < -0.3 is 10.1 Å². The summed E-state index contributed by atoms with van der Waals surface area (Å²) in [6.07, 6.45) is 1.98. The SMILES string of the molecule is CCCCOC(=O)C(C)(C)NC(C)C. The molecular weight excluding hydrogens is 178 g/mol. The third-order valence-electron chi connectivity index (χ3n) is 1.89. The van der Waals surface area contributed by atoms with Gasteiger partial charge in [-0.3, -0.25) is 4.79 Å². The molecule has 0 aliphatic rings. The van der Waals surface area contributed by atoms with Crippen LogP contribution in [0.1, 0.15) is 47.5 Å². The lowest BCUT2D eigenvalue weighted by atomic mass is 10.1. The second-order valence-corrected chi connectivity index (χ2v) is 4.41. The Balaban J connectivity index is 3.95. The molecule has 0 saturated heterocycles. The van der Waals surface area contributed by atoms with Gasteiger partial charge in [0.05, 0.1) is 6.61 Å². The molecule has 0 aromatic heterocycles. The summed E-state index contributed by atoms with van der Waals surface area (Å²) in [4.78, 5) is 11.6. The molecule has 84 valence electrons. The highest BCUT2D eigenvalue weighted by atomic mass is 16.5. The number of rotatable bonds is 6. The first kappa shape index (κ1) is 13.4. The van der Waals surface area contributed by atoms with E-state index in [9.17, 15) is 4.79 Å². The van der Waals surface area contributed by atoms with Crippen molar-refractivity contribution in [2.45, 2.75) is 59.0 Å². The minimum absolute atomic E-state index is 0.167. The molecule has 3 nitrogen and oxygen atoms in total. The first-order chi connectivity index (χ1) is 6.40. The second-order valence-electron chi connectivity index (χ2n) is 4.41. The molecule has 0 aliphatic carbocycles. The summed E-state index contributed by atoms with van der Waals surface area (Å²) in [5, 5.41) is 3.17. The average molecular weight is 201 g/mol. The summed E-state index contributed by atoms with van der Waals surface area (Å²) in [6, 6.07) is 0.281. The lowest BCUT2D eigenvalue weighted by molar-refractivity contribution is -0.150. The summed E-state index contributed by atoms with van der Waals surface area (Å²) in [7, 11) is 0. The number of carbonyl (C=O) groups excluding carboxylic acids is 1. The van der Waals surface area contributed by atoms with E-state index in [-0.39, 0.29) is 12.0 Å². The monoisotopic (exact) mass is 201 g/mol. The number of carbonyl (C=O) groups is 1. The number of ether oxygens (including phenoxy) is 1.